The van der Waals surface area contributed by atoms with Gasteiger partial charge in [-0.25, -0.2) is 0 Å². The first-order valence-corrected chi connectivity index (χ1v) is 11.8. The summed E-state index contributed by atoms with van der Waals surface area (Å²) in [6, 6.07) is 11.7. The molecule has 33 heavy (non-hydrogen) atoms. The Bertz CT molecular complexity index is 1100. The van der Waals surface area contributed by atoms with Crippen LogP contribution in [-0.4, -0.2) is 40.6 Å². The van der Waals surface area contributed by atoms with Crippen LogP contribution in [-0.2, 0) is 24.2 Å². The number of aromatic nitrogens is 3. The molecule has 8 heteroatoms. The number of amides is 1. The molecule has 3 rings (SSSR count). The molecule has 0 atom stereocenters. The van der Waals surface area contributed by atoms with E-state index in [1.54, 1.807) is 20.3 Å². The van der Waals surface area contributed by atoms with Gasteiger partial charge in [-0.15, -0.1) is 16.8 Å². The Morgan fingerprint density at radius 1 is 1.09 bits per heavy atom. The fraction of sp³-hybridized carbons (Fsp3) is 0.320. The normalized spacial score (nSPS) is 10.7. The highest BCUT2D eigenvalue weighted by atomic mass is 32.2. The van der Waals surface area contributed by atoms with Crippen LogP contribution in [0.1, 0.15) is 25.0 Å². The van der Waals surface area contributed by atoms with Crippen LogP contribution >= 0.6 is 11.8 Å². The van der Waals surface area contributed by atoms with Crippen molar-refractivity contribution in [2.45, 2.75) is 38.4 Å². The minimum atomic E-state index is -0.0728. The Hall–Kier alpha value is -3.26. The number of aryl methyl sites for hydroxylation is 2. The molecule has 0 saturated heterocycles. The average Bonchev–Trinajstić information content (AvgIpc) is 3.25. The van der Waals surface area contributed by atoms with Crippen molar-refractivity contribution in [2.75, 3.05) is 25.3 Å². The molecule has 2 aromatic carbocycles. The Balaban J connectivity index is 1.80. The van der Waals surface area contributed by atoms with Crippen molar-refractivity contribution < 1.29 is 14.3 Å². The van der Waals surface area contributed by atoms with Gasteiger partial charge in [0.1, 0.15) is 0 Å². The van der Waals surface area contributed by atoms with E-state index in [2.05, 4.69) is 48.1 Å². The van der Waals surface area contributed by atoms with Gasteiger partial charge in [0, 0.05) is 17.8 Å². The molecule has 3 aromatic rings. The zero-order valence-corrected chi connectivity index (χ0v) is 20.4. The lowest BCUT2D eigenvalue weighted by molar-refractivity contribution is -0.113. The summed E-state index contributed by atoms with van der Waals surface area (Å²) >= 11 is 1.35. The van der Waals surface area contributed by atoms with Gasteiger partial charge >= 0.3 is 0 Å². The van der Waals surface area contributed by atoms with Gasteiger partial charge in [0.2, 0.25) is 5.91 Å². The minimum Gasteiger partial charge on any atom is -0.493 e. The van der Waals surface area contributed by atoms with Crippen molar-refractivity contribution in [1.29, 1.82) is 0 Å². The molecule has 1 amide bonds. The number of ether oxygens (including phenoxy) is 2. The summed E-state index contributed by atoms with van der Waals surface area (Å²) in [6.45, 7) is 8.55. The van der Waals surface area contributed by atoms with Crippen molar-refractivity contribution in [2.24, 2.45) is 0 Å². The highest BCUT2D eigenvalue weighted by Crippen LogP contribution is 2.33. The summed E-state index contributed by atoms with van der Waals surface area (Å²) < 4.78 is 12.7. The second kappa shape index (κ2) is 11.6. The Morgan fingerprint density at radius 3 is 2.39 bits per heavy atom. The van der Waals surface area contributed by atoms with Gasteiger partial charge in [-0.05, 0) is 42.2 Å². The van der Waals surface area contributed by atoms with Crippen molar-refractivity contribution in [3.63, 3.8) is 0 Å². The number of benzene rings is 2. The number of rotatable bonds is 11. The number of thioether (sulfide) groups is 1. The maximum absolute atomic E-state index is 12.8. The Kier molecular flexibility index (Phi) is 8.54. The Morgan fingerprint density at radius 2 is 1.79 bits per heavy atom. The van der Waals surface area contributed by atoms with Crippen LogP contribution in [0.5, 0.6) is 11.5 Å². The third-order valence-corrected chi connectivity index (χ3v) is 6.23. The number of carbonyl (C=O) groups is 1. The molecular weight excluding hydrogens is 436 g/mol. The predicted octanol–water partition coefficient (Wildman–Crippen LogP) is 5.00. The molecule has 1 N–H and O–H groups in total. The number of allylic oxidation sites excluding steroid dienone is 1. The molecule has 0 saturated carbocycles. The van der Waals surface area contributed by atoms with E-state index < -0.39 is 0 Å². The van der Waals surface area contributed by atoms with Crippen LogP contribution < -0.4 is 14.8 Å². The van der Waals surface area contributed by atoms with Gasteiger partial charge < -0.3 is 14.8 Å². The van der Waals surface area contributed by atoms with Crippen LogP contribution in [0.2, 0.25) is 0 Å². The maximum atomic E-state index is 12.8. The second-order valence-electron chi connectivity index (χ2n) is 7.27. The van der Waals surface area contributed by atoms with E-state index in [1.807, 2.05) is 28.8 Å². The van der Waals surface area contributed by atoms with Gasteiger partial charge in [0.15, 0.2) is 22.5 Å². The standard InChI is InChI=1S/C25H30N4O3S/c1-6-14-29-24(19-12-13-20(31-4)21(15-19)32-5)27-28-25(29)33-16-22(30)26-23-17(7-2)10-9-11-18(23)8-3/h6,9-13,15H,1,7-8,14,16H2,2-5H3,(H,26,30). The lowest BCUT2D eigenvalue weighted by Crippen LogP contribution is -2.17. The molecule has 0 fully saturated rings. The number of nitrogens with zero attached hydrogens (tertiary/aromatic N) is 3. The molecule has 0 aliphatic heterocycles. The average molecular weight is 467 g/mol. The first-order valence-electron chi connectivity index (χ1n) is 10.9. The van der Waals surface area contributed by atoms with E-state index >= 15 is 0 Å². The summed E-state index contributed by atoms with van der Waals surface area (Å²) in [5.74, 6) is 2.07. The summed E-state index contributed by atoms with van der Waals surface area (Å²) in [6.07, 6.45) is 3.50. The van der Waals surface area contributed by atoms with Crippen molar-refractivity contribution in [1.82, 2.24) is 14.8 Å². The van der Waals surface area contributed by atoms with Crippen molar-refractivity contribution >= 4 is 23.4 Å². The highest BCUT2D eigenvalue weighted by Gasteiger charge is 2.17. The molecule has 0 aliphatic rings. The fourth-order valence-electron chi connectivity index (χ4n) is 3.59. The van der Waals surface area contributed by atoms with Crippen LogP contribution in [0, 0.1) is 0 Å². The van der Waals surface area contributed by atoms with Crippen molar-refractivity contribution in [3.8, 4) is 22.9 Å². The summed E-state index contributed by atoms with van der Waals surface area (Å²) in [7, 11) is 3.19. The number of hydrogen-bond donors (Lipinski definition) is 1. The summed E-state index contributed by atoms with van der Waals surface area (Å²) in [4.78, 5) is 12.8. The molecule has 0 unspecified atom stereocenters. The van der Waals surface area contributed by atoms with E-state index in [-0.39, 0.29) is 11.7 Å². The molecule has 0 radical (unpaired) electrons. The van der Waals surface area contributed by atoms with Gasteiger partial charge in [-0.2, -0.15) is 0 Å². The number of anilines is 1. The maximum Gasteiger partial charge on any atom is 0.234 e. The van der Waals surface area contributed by atoms with Gasteiger partial charge in [-0.1, -0.05) is 49.9 Å². The molecule has 0 aliphatic carbocycles. The third-order valence-electron chi connectivity index (χ3n) is 5.27. The fourth-order valence-corrected chi connectivity index (χ4v) is 4.33. The summed E-state index contributed by atoms with van der Waals surface area (Å²) in [5.41, 5.74) is 4.03. The van der Waals surface area contributed by atoms with E-state index in [0.29, 0.717) is 29.0 Å². The van der Waals surface area contributed by atoms with Crippen LogP contribution in [0.25, 0.3) is 11.4 Å². The molecular formula is C25H30N4O3S. The first kappa shape index (κ1) is 24.4. The quantitative estimate of drug-likeness (QED) is 0.316. The molecule has 1 aromatic heterocycles. The zero-order valence-electron chi connectivity index (χ0n) is 19.6. The Labute approximate surface area is 199 Å². The highest BCUT2D eigenvalue weighted by molar-refractivity contribution is 7.99. The van der Waals surface area contributed by atoms with E-state index in [4.69, 9.17) is 9.47 Å². The largest absolute Gasteiger partial charge is 0.493 e. The minimum absolute atomic E-state index is 0.0728. The van der Waals surface area contributed by atoms with Crippen LogP contribution in [0.4, 0.5) is 5.69 Å². The number of methoxy groups -OCH3 is 2. The molecule has 7 nitrogen and oxygen atoms in total. The smallest absolute Gasteiger partial charge is 0.234 e. The number of carbonyl (C=O) groups excluding carboxylic acids is 1. The van der Waals surface area contributed by atoms with Gasteiger partial charge in [0.05, 0.1) is 20.0 Å². The molecule has 174 valence electrons. The number of nitrogens with one attached hydrogen (secondary N) is 1. The molecule has 0 bridgehead atoms. The number of para-hydroxylation sites is 1. The lowest BCUT2D eigenvalue weighted by atomic mass is 10.0. The third kappa shape index (κ3) is 5.57. The van der Waals surface area contributed by atoms with Gasteiger partial charge in [0.25, 0.3) is 0 Å². The summed E-state index contributed by atoms with van der Waals surface area (Å²) in [5, 5.41) is 12.4. The first-order chi connectivity index (χ1) is 16.1. The lowest BCUT2D eigenvalue weighted by Gasteiger charge is -2.14. The SMILES string of the molecule is C=CCn1c(SCC(=O)Nc2c(CC)cccc2CC)nnc1-c1ccc(OC)c(OC)c1. The predicted molar refractivity (Wildman–Crippen MR) is 133 cm³/mol. The van der Waals surface area contributed by atoms with E-state index in [0.717, 1.165) is 35.2 Å². The van der Waals surface area contributed by atoms with E-state index in [1.165, 1.54) is 11.8 Å². The van der Waals surface area contributed by atoms with E-state index in [9.17, 15) is 4.79 Å². The zero-order chi connectivity index (χ0) is 23.8. The van der Waals surface area contributed by atoms with Crippen molar-refractivity contribution in [3.05, 3.63) is 60.2 Å². The second-order valence-corrected chi connectivity index (χ2v) is 8.21. The van der Waals surface area contributed by atoms with Gasteiger partial charge in [-0.3, -0.25) is 9.36 Å². The number of hydrogen-bond acceptors (Lipinski definition) is 6. The molecule has 0 spiro atoms. The monoisotopic (exact) mass is 466 g/mol. The molecule has 1 heterocycles. The van der Waals surface area contributed by atoms with Crippen LogP contribution in [0.15, 0.2) is 54.2 Å². The van der Waals surface area contributed by atoms with Crippen LogP contribution in [0.3, 0.4) is 0 Å². The topological polar surface area (TPSA) is 78.3 Å².